The van der Waals surface area contributed by atoms with Crippen LogP contribution in [0.3, 0.4) is 0 Å². The molecule has 0 aliphatic carbocycles. The van der Waals surface area contributed by atoms with E-state index < -0.39 is 0 Å². The molecule has 2 rings (SSSR count). The standard InChI is InChI=1S/C15H15Cl3N2O/c1-21-15-3-2-12(9-14(15)18)19-4-5-20-13-7-10(16)6-11(17)8-13/h2-3,6-9,19-20H,4-5H2,1H3. The second-order valence-electron chi connectivity index (χ2n) is 4.36. The zero-order chi connectivity index (χ0) is 15.2. The van der Waals surface area contributed by atoms with Gasteiger partial charge in [0.1, 0.15) is 5.75 Å². The van der Waals surface area contributed by atoms with Crippen LogP contribution in [0.1, 0.15) is 0 Å². The molecule has 2 aromatic carbocycles. The fraction of sp³-hybridized carbons (Fsp3) is 0.200. The lowest BCUT2D eigenvalue weighted by molar-refractivity contribution is 0.415. The van der Waals surface area contributed by atoms with E-state index >= 15 is 0 Å². The van der Waals surface area contributed by atoms with Gasteiger partial charge in [-0.1, -0.05) is 34.8 Å². The molecule has 0 atom stereocenters. The lowest BCUT2D eigenvalue weighted by atomic mass is 10.3. The summed E-state index contributed by atoms with van der Waals surface area (Å²) in [6.07, 6.45) is 0. The first-order chi connectivity index (χ1) is 10.1. The first-order valence-electron chi connectivity index (χ1n) is 6.36. The second kappa shape index (κ2) is 7.64. The molecule has 0 aliphatic heterocycles. The molecule has 112 valence electrons. The van der Waals surface area contributed by atoms with Crippen molar-refractivity contribution < 1.29 is 4.74 Å². The van der Waals surface area contributed by atoms with Crippen LogP contribution in [0.5, 0.6) is 5.75 Å². The van der Waals surface area contributed by atoms with Gasteiger partial charge in [0, 0.05) is 34.5 Å². The fourth-order valence-corrected chi connectivity index (χ4v) is 2.63. The van der Waals surface area contributed by atoms with Crippen molar-refractivity contribution in [3.63, 3.8) is 0 Å². The highest BCUT2D eigenvalue weighted by atomic mass is 35.5. The van der Waals surface area contributed by atoms with Gasteiger partial charge in [-0.3, -0.25) is 0 Å². The molecule has 2 aromatic rings. The summed E-state index contributed by atoms with van der Waals surface area (Å²) in [7, 11) is 1.59. The number of halogens is 3. The Morgan fingerprint density at radius 2 is 1.48 bits per heavy atom. The predicted octanol–water partition coefficient (Wildman–Crippen LogP) is 5.18. The number of hydrogen-bond acceptors (Lipinski definition) is 3. The van der Waals surface area contributed by atoms with E-state index in [1.807, 2.05) is 30.3 Å². The molecule has 0 amide bonds. The number of methoxy groups -OCH3 is 1. The molecule has 0 fully saturated rings. The molecular formula is C15H15Cl3N2O. The van der Waals surface area contributed by atoms with Crippen molar-refractivity contribution in [2.75, 3.05) is 30.8 Å². The summed E-state index contributed by atoms with van der Waals surface area (Å²) < 4.78 is 5.11. The molecule has 0 spiro atoms. The predicted molar refractivity (Wildman–Crippen MR) is 91.4 cm³/mol. The van der Waals surface area contributed by atoms with E-state index in [4.69, 9.17) is 39.5 Å². The highest BCUT2D eigenvalue weighted by Crippen LogP contribution is 2.27. The molecule has 0 aliphatic rings. The lowest BCUT2D eigenvalue weighted by Gasteiger charge is -2.11. The summed E-state index contributed by atoms with van der Waals surface area (Å²) in [5, 5.41) is 8.32. The Balaban J connectivity index is 1.83. The van der Waals surface area contributed by atoms with Crippen LogP contribution in [0.4, 0.5) is 11.4 Å². The van der Waals surface area contributed by atoms with Gasteiger partial charge in [0.05, 0.1) is 12.1 Å². The molecule has 2 N–H and O–H groups in total. The second-order valence-corrected chi connectivity index (χ2v) is 5.64. The maximum absolute atomic E-state index is 6.06. The Kier molecular flexibility index (Phi) is 5.85. The van der Waals surface area contributed by atoms with Crippen molar-refractivity contribution in [3.05, 3.63) is 51.5 Å². The molecule has 3 nitrogen and oxygen atoms in total. The smallest absolute Gasteiger partial charge is 0.137 e. The Hall–Kier alpha value is -1.29. The summed E-state index contributed by atoms with van der Waals surface area (Å²) >= 11 is 17.9. The van der Waals surface area contributed by atoms with E-state index in [9.17, 15) is 0 Å². The van der Waals surface area contributed by atoms with E-state index in [1.54, 1.807) is 13.2 Å². The minimum atomic E-state index is 0.581. The highest BCUT2D eigenvalue weighted by Gasteiger charge is 2.01. The van der Waals surface area contributed by atoms with Gasteiger partial charge in [0.2, 0.25) is 0 Å². The van der Waals surface area contributed by atoms with Crippen molar-refractivity contribution >= 4 is 46.2 Å². The first-order valence-corrected chi connectivity index (χ1v) is 7.49. The van der Waals surface area contributed by atoms with Gasteiger partial charge in [-0.25, -0.2) is 0 Å². The summed E-state index contributed by atoms with van der Waals surface area (Å²) in [5.74, 6) is 0.661. The molecule has 0 saturated carbocycles. The van der Waals surface area contributed by atoms with E-state index in [0.29, 0.717) is 20.8 Å². The average molecular weight is 346 g/mol. The molecule has 6 heteroatoms. The van der Waals surface area contributed by atoms with Gasteiger partial charge < -0.3 is 15.4 Å². The van der Waals surface area contributed by atoms with Gasteiger partial charge in [0.15, 0.2) is 0 Å². The van der Waals surface area contributed by atoms with E-state index in [1.165, 1.54) is 0 Å². The van der Waals surface area contributed by atoms with E-state index in [2.05, 4.69) is 10.6 Å². The lowest BCUT2D eigenvalue weighted by Crippen LogP contribution is -2.13. The molecule has 0 bridgehead atoms. The first kappa shape index (κ1) is 16.1. The van der Waals surface area contributed by atoms with Gasteiger partial charge in [-0.2, -0.15) is 0 Å². The maximum Gasteiger partial charge on any atom is 0.137 e. The van der Waals surface area contributed by atoms with Crippen LogP contribution < -0.4 is 15.4 Å². The largest absolute Gasteiger partial charge is 0.495 e. The zero-order valence-electron chi connectivity index (χ0n) is 11.4. The van der Waals surface area contributed by atoms with Gasteiger partial charge in [0.25, 0.3) is 0 Å². The molecule has 0 saturated heterocycles. The summed E-state index contributed by atoms with van der Waals surface area (Å²) in [6, 6.07) is 10.9. The number of benzene rings is 2. The topological polar surface area (TPSA) is 33.3 Å². The van der Waals surface area contributed by atoms with Crippen LogP contribution in [0.2, 0.25) is 15.1 Å². The van der Waals surface area contributed by atoms with E-state index in [0.717, 1.165) is 24.5 Å². The van der Waals surface area contributed by atoms with Crippen LogP contribution in [-0.2, 0) is 0 Å². The highest BCUT2D eigenvalue weighted by molar-refractivity contribution is 6.35. The van der Waals surface area contributed by atoms with E-state index in [-0.39, 0.29) is 0 Å². The molecule has 21 heavy (non-hydrogen) atoms. The van der Waals surface area contributed by atoms with Gasteiger partial charge in [-0.05, 0) is 36.4 Å². The third-order valence-electron chi connectivity index (χ3n) is 2.80. The Labute approximate surface area is 139 Å². The normalized spacial score (nSPS) is 10.3. The maximum atomic E-state index is 6.06. The fourth-order valence-electron chi connectivity index (χ4n) is 1.85. The molecular weight excluding hydrogens is 331 g/mol. The number of rotatable bonds is 6. The van der Waals surface area contributed by atoms with Crippen molar-refractivity contribution in [2.24, 2.45) is 0 Å². The molecule has 0 radical (unpaired) electrons. The van der Waals surface area contributed by atoms with Crippen LogP contribution in [0.15, 0.2) is 36.4 Å². The Morgan fingerprint density at radius 1 is 0.857 bits per heavy atom. The van der Waals surface area contributed by atoms with Crippen LogP contribution >= 0.6 is 34.8 Å². The third kappa shape index (κ3) is 4.88. The third-order valence-corrected chi connectivity index (χ3v) is 3.53. The minimum absolute atomic E-state index is 0.581. The van der Waals surface area contributed by atoms with Crippen molar-refractivity contribution in [2.45, 2.75) is 0 Å². The number of anilines is 2. The van der Waals surface area contributed by atoms with Crippen molar-refractivity contribution in [1.82, 2.24) is 0 Å². The van der Waals surface area contributed by atoms with Crippen molar-refractivity contribution in [1.29, 1.82) is 0 Å². The number of ether oxygens (including phenoxy) is 1. The summed E-state index contributed by atoms with van der Waals surface area (Å²) in [5.41, 5.74) is 1.83. The average Bonchev–Trinajstić information content (AvgIpc) is 2.43. The Morgan fingerprint density at radius 3 is 2.05 bits per heavy atom. The van der Waals surface area contributed by atoms with Gasteiger partial charge in [-0.15, -0.1) is 0 Å². The molecule has 0 heterocycles. The minimum Gasteiger partial charge on any atom is -0.495 e. The number of nitrogens with one attached hydrogen (secondary N) is 2. The summed E-state index contributed by atoms with van der Waals surface area (Å²) in [4.78, 5) is 0. The molecule has 0 aromatic heterocycles. The van der Waals surface area contributed by atoms with Crippen LogP contribution in [0.25, 0.3) is 0 Å². The number of hydrogen-bond donors (Lipinski definition) is 2. The van der Waals surface area contributed by atoms with Crippen LogP contribution in [-0.4, -0.2) is 20.2 Å². The zero-order valence-corrected chi connectivity index (χ0v) is 13.7. The monoisotopic (exact) mass is 344 g/mol. The van der Waals surface area contributed by atoms with Crippen molar-refractivity contribution in [3.8, 4) is 5.75 Å². The van der Waals surface area contributed by atoms with Gasteiger partial charge >= 0.3 is 0 Å². The summed E-state index contributed by atoms with van der Waals surface area (Å²) in [6.45, 7) is 1.45. The van der Waals surface area contributed by atoms with Crippen LogP contribution in [0, 0.1) is 0 Å². The Bertz CT molecular complexity index is 600. The quantitative estimate of drug-likeness (QED) is 0.708. The molecule has 0 unspecified atom stereocenters. The SMILES string of the molecule is COc1ccc(NCCNc2cc(Cl)cc(Cl)c2)cc1Cl.